The summed E-state index contributed by atoms with van der Waals surface area (Å²) in [4.78, 5) is 8.03. The Labute approximate surface area is 106 Å². The normalized spacial score (nSPS) is 10.2. The second-order valence-corrected chi connectivity index (χ2v) is 4.14. The van der Waals surface area contributed by atoms with Crippen molar-refractivity contribution in [1.29, 1.82) is 0 Å². The molecule has 94 valence electrons. The molecule has 0 fully saturated rings. The Hall–Kier alpha value is -2.30. The van der Waals surface area contributed by atoms with Gasteiger partial charge in [0, 0.05) is 5.69 Å². The summed E-state index contributed by atoms with van der Waals surface area (Å²) >= 11 is 0. The van der Waals surface area contributed by atoms with Gasteiger partial charge in [-0.15, -0.1) is 0 Å². The van der Waals surface area contributed by atoms with Crippen LogP contribution in [0.15, 0.2) is 24.5 Å². The zero-order valence-corrected chi connectivity index (χ0v) is 10.7. The van der Waals surface area contributed by atoms with Crippen molar-refractivity contribution in [3.63, 3.8) is 0 Å². The Morgan fingerprint density at radius 3 is 2.39 bits per heavy atom. The molecule has 5 heteroatoms. The smallest absolute Gasteiger partial charge is 0.204 e. The molecule has 0 saturated carbocycles. The first-order chi connectivity index (χ1) is 8.60. The highest BCUT2D eigenvalue weighted by Crippen LogP contribution is 2.29. The minimum atomic E-state index is 0.319. The van der Waals surface area contributed by atoms with Crippen LogP contribution < -0.4 is 15.8 Å². The van der Waals surface area contributed by atoms with E-state index in [2.05, 4.69) is 21.4 Å². The highest BCUT2D eigenvalue weighted by atomic mass is 16.5. The number of hydrogen-bond donors (Lipinski definition) is 2. The van der Waals surface area contributed by atoms with Gasteiger partial charge in [-0.05, 0) is 37.1 Å². The van der Waals surface area contributed by atoms with Gasteiger partial charge in [0.2, 0.25) is 5.75 Å². The SMILES string of the molecule is COc1c(N)ncnc1Nc1cc(C)cc(C)c1. The van der Waals surface area contributed by atoms with Crippen molar-refractivity contribution in [2.75, 3.05) is 18.2 Å². The van der Waals surface area contributed by atoms with E-state index in [-0.39, 0.29) is 0 Å². The number of hydrogen-bond acceptors (Lipinski definition) is 5. The second-order valence-electron chi connectivity index (χ2n) is 4.14. The van der Waals surface area contributed by atoms with E-state index in [0.717, 1.165) is 5.69 Å². The maximum absolute atomic E-state index is 5.73. The summed E-state index contributed by atoms with van der Waals surface area (Å²) in [5.41, 5.74) is 9.04. The summed E-state index contributed by atoms with van der Waals surface area (Å²) in [6, 6.07) is 6.17. The monoisotopic (exact) mass is 244 g/mol. The number of anilines is 3. The van der Waals surface area contributed by atoms with Crippen molar-refractivity contribution >= 4 is 17.3 Å². The number of nitrogens with two attached hydrogens (primary N) is 1. The Morgan fingerprint density at radius 1 is 1.11 bits per heavy atom. The lowest BCUT2D eigenvalue weighted by atomic mass is 10.1. The fourth-order valence-corrected chi connectivity index (χ4v) is 1.86. The van der Waals surface area contributed by atoms with E-state index >= 15 is 0 Å². The standard InChI is InChI=1S/C13H16N4O/c1-8-4-9(2)6-10(5-8)17-13-11(18-3)12(14)15-7-16-13/h4-7H,1-3H3,(H3,14,15,16,17). The lowest BCUT2D eigenvalue weighted by molar-refractivity contribution is 0.415. The molecule has 5 nitrogen and oxygen atoms in total. The Balaban J connectivity index is 2.36. The van der Waals surface area contributed by atoms with Crippen LogP contribution in [0.4, 0.5) is 17.3 Å². The molecule has 0 bridgehead atoms. The van der Waals surface area contributed by atoms with Crippen molar-refractivity contribution in [3.8, 4) is 5.75 Å². The second kappa shape index (κ2) is 4.91. The number of aromatic nitrogens is 2. The molecule has 0 unspecified atom stereocenters. The van der Waals surface area contributed by atoms with Gasteiger partial charge in [-0.3, -0.25) is 0 Å². The lowest BCUT2D eigenvalue weighted by Gasteiger charge is -2.12. The number of nitrogens with one attached hydrogen (secondary N) is 1. The zero-order chi connectivity index (χ0) is 13.1. The van der Waals surface area contributed by atoms with Gasteiger partial charge in [-0.2, -0.15) is 0 Å². The number of nitrogens with zero attached hydrogens (tertiary/aromatic N) is 2. The van der Waals surface area contributed by atoms with Crippen LogP contribution in [0.3, 0.4) is 0 Å². The molecule has 0 aliphatic heterocycles. The van der Waals surface area contributed by atoms with Crippen LogP contribution in [0.5, 0.6) is 5.75 Å². The first kappa shape index (κ1) is 12.2. The first-order valence-electron chi connectivity index (χ1n) is 5.60. The van der Waals surface area contributed by atoms with E-state index < -0.39 is 0 Å². The van der Waals surface area contributed by atoms with Gasteiger partial charge in [-0.1, -0.05) is 6.07 Å². The molecule has 2 rings (SSSR count). The van der Waals surface area contributed by atoms with E-state index in [4.69, 9.17) is 10.5 Å². The number of rotatable bonds is 3. The molecule has 0 aliphatic carbocycles. The van der Waals surface area contributed by atoms with Crippen molar-refractivity contribution < 1.29 is 4.74 Å². The molecule has 2 aromatic rings. The third kappa shape index (κ3) is 2.51. The quantitative estimate of drug-likeness (QED) is 0.867. The van der Waals surface area contributed by atoms with Crippen LogP contribution >= 0.6 is 0 Å². The van der Waals surface area contributed by atoms with Crippen LogP contribution in [-0.2, 0) is 0 Å². The predicted octanol–water partition coefficient (Wildman–Crippen LogP) is 2.43. The van der Waals surface area contributed by atoms with Gasteiger partial charge >= 0.3 is 0 Å². The minimum Gasteiger partial charge on any atom is -0.490 e. The third-order valence-electron chi connectivity index (χ3n) is 2.52. The third-order valence-corrected chi connectivity index (χ3v) is 2.52. The van der Waals surface area contributed by atoms with Crippen LogP contribution in [0.1, 0.15) is 11.1 Å². The van der Waals surface area contributed by atoms with E-state index in [1.165, 1.54) is 17.5 Å². The molecule has 1 heterocycles. The number of benzene rings is 1. The predicted molar refractivity (Wildman–Crippen MR) is 72.2 cm³/mol. The van der Waals surface area contributed by atoms with Gasteiger partial charge in [-0.25, -0.2) is 9.97 Å². The summed E-state index contributed by atoms with van der Waals surface area (Å²) in [7, 11) is 1.54. The lowest BCUT2D eigenvalue weighted by Crippen LogP contribution is -2.03. The molecule has 0 radical (unpaired) electrons. The molecule has 3 N–H and O–H groups in total. The van der Waals surface area contributed by atoms with Crippen LogP contribution in [-0.4, -0.2) is 17.1 Å². The Kier molecular flexibility index (Phi) is 3.32. The summed E-state index contributed by atoms with van der Waals surface area (Å²) in [6.45, 7) is 4.09. The van der Waals surface area contributed by atoms with Crippen molar-refractivity contribution in [2.24, 2.45) is 0 Å². The number of nitrogen functional groups attached to an aromatic ring is 1. The summed E-state index contributed by atoms with van der Waals surface area (Å²) in [5, 5.41) is 3.19. The zero-order valence-electron chi connectivity index (χ0n) is 10.7. The van der Waals surface area contributed by atoms with Gasteiger partial charge in [0.05, 0.1) is 7.11 Å². The number of ether oxygens (including phenoxy) is 1. The topological polar surface area (TPSA) is 73.1 Å². The highest BCUT2D eigenvalue weighted by Gasteiger charge is 2.09. The molecular formula is C13H16N4O. The Morgan fingerprint density at radius 2 is 1.78 bits per heavy atom. The highest BCUT2D eigenvalue weighted by molar-refractivity contribution is 5.68. The van der Waals surface area contributed by atoms with Crippen molar-refractivity contribution in [1.82, 2.24) is 9.97 Å². The fourth-order valence-electron chi connectivity index (χ4n) is 1.86. The fraction of sp³-hybridized carbons (Fsp3) is 0.231. The van der Waals surface area contributed by atoms with E-state index in [1.807, 2.05) is 26.0 Å². The molecule has 1 aromatic heterocycles. The summed E-state index contributed by atoms with van der Waals surface area (Å²) in [6.07, 6.45) is 1.41. The molecular weight excluding hydrogens is 228 g/mol. The number of aryl methyl sites for hydroxylation is 2. The van der Waals surface area contributed by atoms with Crippen LogP contribution in [0.2, 0.25) is 0 Å². The van der Waals surface area contributed by atoms with Gasteiger partial charge < -0.3 is 15.8 Å². The van der Waals surface area contributed by atoms with Gasteiger partial charge in [0.15, 0.2) is 11.6 Å². The molecule has 0 spiro atoms. The Bertz CT molecular complexity index is 549. The van der Waals surface area contributed by atoms with Gasteiger partial charge in [0.1, 0.15) is 6.33 Å². The van der Waals surface area contributed by atoms with Crippen molar-refractivity contribution in [3.05, 3.63) is 35.7 Å². The van der Waals surface area contributed by atoms with Crippen LogP contribution in [0.25, 0.3) is 0 Å². The van der Waals surface area contributed by atoms with E-state index in [1.54, 1.807) is 7.11 Å². The molecule has 0 saturated heterocycles. The van der Waals surface area contributed by atoms with E-state index in [0.29, 0.717) is 17.4 Å². The summed E-state index contributed by atoms with van der Waals surface area (Å²) in [5.74, 6) is 1.34. The minimum absolute atomic E-state index is 0.319. The van der Waals surface area contributed by atoms with E-state index in [9.17, 15) is 0 Å². The maximum Gasteiger partial charge on any atom is 0.204 e. The largest absolute Gasteiger partial charge is 0.490 e. The van der Waals surface area contributed by atoms with Gasteiger partial charge in [0.25, 0.3) is 0 Å². The molecule has 0 atom stereocenters. The average Bonchev–Trinajstić information content (AvgIpc) is 2.27. The van der Waals surface area contributed by atoms with Crippen molar-refractivity contribution in [2.45, 2.75) is 13.8 Å². The first-order valence-corrected chi connectivity index (χ1v) is 5.60. The number of methoxy groups -OCH3 is 1. The summed E-state index contributed by atoms with van der Waals surface area (Å²) < 4.78 is 5.20. The molecule has 18 heavy (non-hydrogen) atoms. The molecule has 0 aliphatic rings. The molecule has 0 amide bonds. The average molecular weight is 244 g/mol. The van der Waals surface area contributed by atoms with Crippen LogP contribution in [0, 0.1) is 13.8 Å². The maximum atomic E-state index is 5.73. The molecule has 1 aromatic carbocycles.